The molecule has 5 rings (SSSR count). The predicted octanol–water partition coefficient (Wildman–Crippen LogP) is 3.86. The van der Waals surface area contributed by atoms with Gasteiger partial charge in [-0.1, -0.05) is 62.4 Å². The molecule has 3 aromatic rings. The van der Waals surface area contributed by atoms with E-state index in [-0.39, 0.29) is 42.4 Å². The molecule has 9 nitrogen and oxygen atoms in total. The Morgan fingerprint density at radius 3 is 2.33 bits per heavy atom. The minimum atomic E-state index is -3.51. The summed E-state index contributed by atoms with van der Waals surface area (Å²) in [6.07, 6.45) is 1.66. The van der Waals surface area contributed by atoms with Gasteiger partial charge >= 0.3 is 0 Å². The number of para-hydroxylation sites is 2. The van der Waals surface area contributed by atoms with Crippen LogP contribution in [-0.2, 0) is 32.6 Å². The van der Waals surface area contributed by atoms with E-state index in [9.17, 15) is 22.4 Å². The van der Waals surface area contributed by atoms with Gasteiger partial charge in [0.25, 0.3) is 0 Å². The van der Waals surface area contributed by atoms with Gasteiger partial charge in [-0.15, -0.1) is 0 Å². The Hall–Kier alpha value is -3.96. The van der Waals surface area contributed by atoms with E-state index in [0.717, 1.165) is 22.4 Å². The lowest BCUT2D eigenvalue weighted by atomic mass is 10.0. The summed E-state index contributed by atoms with van der Waals surface area (Å²) in [5, 5.41) is 6.37. The van der Waals surface area contributed by atoms with Crippen molar-refractivity contribution in [2.45, 2.75) is 45.3 Å². The third-order valence-corrected chi connectivity index (χ3v) is 9.51. The van der Waals surface area contributed by atoms with Crippen LogP contribution < -0.4 is 19.8 Å². The number of carbonyl (C=O) groups excluding carboxylic acids is 2. The maximum atomic E-state index is 13.9. The van der Waals surface area contributed by atoms with Crippen LogP contribution in [0.1, 0.15) is 43.0 Å². The van der Waals surface area contributed by atoms with Crippen LogP contribution in [0, 0.1) is 11.7 Å². The fourth-order valence-electron chi connectivity index (χ4n) is 6.13. The fraction of sp³-hybridized carbons (Fsp3) is 0.412. The summed E-state index contributed by atoms with van der Waals surface area (Å²) in [6, 6.07) is 20.5. The molecule has 0 radical (unpaired) electrons. The first-order valence-corrected chi connectivity index (χ1v) is 17.3. The van der Waals surface area contributed by atoms with Gasteiger partial charge < -0.3 is 20.4 Å². The Balaban J connectivity index is 1.29. The average Bonchev–Trinajstić information content (AvgIpc) is 3.42. The minimum absolute atomic E-state index is 0.131. The largest absolute Gasteiger partial charge is 0.366 e. The summed E-state index contributed by atoms with van der Waals surface area (Å²) in [6.45, 7) is 6.84. The first-order chi connectivity index (χ1) is 21.5. The van der Waals surface area contributed by atoms with Gasteiger partial charge in [0, 0.05) is 58.2 Å². The average molecular weight is 636 g/mol. The summed E-state index contributed by atoms with van der Waals surface area (Å²) in [4.78, 5) is 31.1. The molecule has 1 fully saturated rings. The second-order valence-corrected chi connectivity index (χ2v) is 14.2. The Bertz CT molecular complexity index is 1610. The van der Waals surface area contributed by atoms with Crippen LogP contribution in [0.2, 0.25) is 0 Å². The summed E-state index contributed by atoms with van der Waals surface area (Å²) < 4.78 is 40.6. The molecule has 0 spiro atoms. The molecule has 2 unspecified atom stereocenters. The van der Waals surface area contributed by atoms with Crippen LogP contribution in [0.5, 0.6) is 0 Å². The van der Waals surface area contributed by atoms with Crippen molar-refractivity contribution in [3.63, 3.8) is 0 Å². The highest BCUT2D eigenvalue weighted by atomic mass is 32.2. The number of rotatable bonds is 11. The van der Waals surface area contributed by atoms with E-state index in [1.807, 2.05) is 62.4 Å². The molecule has 0 aromatic heterocycles. The van der Waals surface area contributed by atoms with E-state index in [4.69, 9.17) is 0 Å². The lowest BCUT2D eigenvalue weighted by Crippen LogP contribution is -2.56. The number of hydrogen-bond acceptors (Lipinski definition) is 6. The lowest BCUT2D eigenvalue weighted by molar-refractivity contribution is -0.136. The topological polar surface area (TPSA) is 102 Å². The highest BCUT2D eigenvalue weighted by Gasteiger charge is 2.32. The van der Waals surface area contributed by atoms with Gasteiger partial charge in [0.05, 0.1) is 17.6 Å². The molecule has 0 bridgehead atoms. The van der Waals surface area contributed by atoms with Crippen molar-refractivity contribution in [2.75, 3.05) is 48.2 Å². The van der Waals surface area contributed by atoms with E-state index >= 15 is 0 Å². The molecule has 1 saturated heterocycles. The number of carbonyl (C=O) groups is 2. The van der Waals surface area contributed by atoms with Crippen molar-refractivity contribution in [1.29, 1.82) is 0 Å². The van der Waals surface area contributed by atoms with Gasteiger partial charge in [-0.05, 0) is 46.9 Å². The molecule has 2 aliphatic rings. The molecule has 2 atom stereocenters. The molecular weight excluding hydrogens is 593 g/mol. The maximum Gasteiger partial charge on any atom is 0.245 e. The molecular formula is C34H42FN5O4S. The van der Waals surface area contributed by atoms with Crippen LogP contribution >= 0.6 is 0 Å². The first-order valence-electron chi connectivity index (χ1n) is 15.4. The van der Waals surface area contributed by atoms with Crippen LogP contribution in [-0.4, -0.2) is 70.2 Å². The van der Waals surface area contributed by atoms with Crippen molar-refractivity contribution in [1.82, 2.24) is 15.5 Å². The molecule has 11 heteroatoms. The third-order valence-electron chi connectivity index (χ3n) is 8.36. The van der Waals surface area contributed by atoms with Crippen molar-refractivity contribution in [3.8, 4) is 0 Å². The molecule has 2 heterocycles. The predicted molar refractivity (Wildman–Crippen MR) is 175 cm³/mol. The van der Waals surface area contributed by atoms with Gasteiger partial charge in [-0.3, -0.25) is 13.9 Å². The zero-order valence-corrected chi connectivity index (χ0v) is 26.9. The molecule has 0 aliphatic carbocycles. The molecule has 0 saturated carbocycles. The summed E-state index contributed by atoms with van der Waals surface area (Å²) in [5.74, 6) is -0.660. The molecule has 2 amide bonds. The van der Waals surface area contributed by atoms with E-state index in [1.165, 1.54) is 22.7 Å². The number of nitrogens with one attached hydrogen (secondary N) is 2. The van der Waals surface area contributed by atoms with Crippen molar-refractivity contribution >= 4 is 33.2 Å². The number of piperazine rings is 1. The standard InChI is InChI=1S/C34H42FN5O4S/c1-24(2)23-40(45(3,43)44)32-11-7-6-10-31(32)38-16-18-39(19-17-38)34(42)30(20-25-12-14-27(35)15-13-25)37-33(41)21-29-28-9-5-4-8-26(28)22-36-29/h4-15,24,29-30,36H,16-23H2,1-3H3,(H,37,41). The number of benzene rings is 3. The van der Waals surface area contributed by atoms with Crippen molar-refractivity contribution in [3.05, 3.63) is 95.3 Å². The van der Waals surface area contributed by atoms with E-state index in [0.29, 0.717) is 45.0 Å². The first kappa shape index (κ1) is 32.4. The Morgan fingerprint density at radius 1 is 0.978 bits per heavy atom. The second-order valence-electron chi connectivity index (χ2n) is 12.3. The highest BCUT2D eigenvalue weighted by molar-refractivity contribution is 7.92. The number of anilines is 2. The van der Waals surface area contributed by atoms with Gasteiger partial charge in [-0.25, -0.2) is 12.8 Å². The zero-order chi connectivity index (χ0) is 32.1. The second kappa shape index (κ2) is 14.0. The SMILES string of the molecule is CC(C)CN(c1ccccc1N1CCN(C(=O)C(Cc2ccc(F)cc2)NC(=O)CC2NCc3ccccc32)CC1)S(C)(=O)=O. The monoisotopic (exact) mass is 635 g/mol. The van der Waals surface area contributed by atoms with Crippen LogP contribution in [0.15, 0.2) is 72.8 Å². The van der Waals surface area contributed by atoms with Gasteiger partial charge in [0.15, 0.2) is 0 Å². The zero-order valence-electron chi connectivity index (χ0n) is 26.1. The van der Waals surface area contributed by atoms with Gasteiger partial charge in [-0.2, -0.15) is 0 Å². The summed E-state index contributed by atoms with van der Waals surface area (Å²) >= 11 is 0. The molecule has 240 valence electrons. The Kier molecular flexibility index (Phi) is 10.1. The Morgan fingerprint density at radius 2 is 1.64 bits per heavy atom. The number of hydrogen-bond donors (Lipinski definition) is 2. The van der Waals surface area contributed by atoms with Gasteiger partial charge in [0.1, 0.15) is 11.9 Å². The smallest absolute Gasteiger partial charge is 0.245 e. The minimum Gasteiger partial charge on any atom is -0.366 e. The number of halogens is 1. The third kappa shape index (κ3) is 8.01. The summed E-state index contributed by atoms with van der Waals surface area (Å²) in [7, 11) is -3.51. The van der Waals surface area contributed by atoms with Crippen LogP contribution in [0.3, 0.4) is 0 Å². The normalized spacial score (nSPS) is 17.2. The van der Waals surface area contributed by atoms with E-state index in [1.54, 1.807) is 17.0 Å². The number of nitrogens with zero attached hydrogens (tertiary/aromatic N) is 3. The van der Waals surface area contributed by atoms with E-state index in [2.05, 4.69) is 15.5 Å². The van der Waals surface area contributed by atoms with E-state index < -0.39 is 16.1 Å². The number of sulfonamides is 1. The molecule has 3 aromatic carbocycles. The molecule has 2 N–H and O–H groups in total. The lowest BCUT2D eigenvalue weighted by Gasteiger charge is -2.39. The maximum absolute atomic E-state index is 13.9. The quantitative estimate of drug-likeness (QED) is 0.332. The van der Waals surface area contributed by atoms with Crippen LogP contribution in [0.25, 0.3) is 0 Å². The fourth-order valence-corrected chi connectivity index (χ4v) is 7.21. The number of amides is 2. The summed E-state index contributed by atoms with van der Waals surface area (Å²) in [5.41, 5.74) is 4.43. The van der Waals surface area contributed by atoms with Gasteiger partial charge in [0.2, 0.25) is 21.8 Å². The van der Waals surface area contributed by atoms with Crippen LogP contribution in [0.4, 0.5) is 15.8 Å². The highest BCUT2D eigenvalue weighted by Crippen LogP contribution is 2.32. The Labute approximate surface area is 265 Å². The molecule has 2 aliphatic heterocycles. The van der Waals surface area contributed by atoms with Crippen molar-refractivity contribution < 1.29 is 22.4 Å². The molecule has 45 heavy (non-hydrogen) atoms. The number of fused-ring (bicyclic) bond motifs is 1. The van der Waals surface area contributed by atoms with Crippen molar-refractivity contribution in [2.24, 2.45) is 5.92 Å².